The first-order chi connectivity index (χ1) is 10.6. The minimum atomic E-state index is -1.14. The lowest BCUT2D eigenvalue weighted by Gasteiger charge is -2.19. The summed E-state index contributed by atoms with van der Waals surface area (Å²) in [7, 11) is 0. The van der Waals surface area contributed by atoms with E-state index in [4.69, 9.17) is 9.52 Å². The molecule has 2 aromatic heterocycles. The fourth-order valence-electron chi connectivity index (χ4n) is 2.16. The van der Waals surface area contributed by atoms with E-state index in [1.54, 1.807) is 0 Å². The fraction of sp³-hybridized carbons (Fsp3) is 0.438. The summed E-state index contributed by atoms with van der Waals surface area (Å²) in [6.07, 6.45) is 2.95. The second-order valence-corrected chi connectivity index (χ2v) is 6.49. The van der Waals surface area contributed by atoms with Gasteiger partial charge in [-0.1, -0.05) is 0 Å². The number of nitrogens with zero attached hydrogens (tertiary/aromatic N) is 2. The van der Waals surface area contributed by atoms with Crippen molar-refractivity contribution in [3.8, 4) is 0 Å². The Morgan fingerprint density at radius 1 is 1.39 bits per heavy atom. The summed E-state index contributed by atoms with van der Waals surface area (Å²) in [4.78, 5) is 23.0. The Bertz CT molecular complexity index is 737. The second-order valence-electron chi connectivity index (χ2n) is 6.49. The van der Waals surface area contributed by atoms with Crippen LogP contribution in [0.2, 0.25) is 0 Å². The number of hydrogen-bond acceptors (Lipinski definition) is 4. The van der Waals surface area contributed by atoms with Crippen molar-refractivity contribution in [1.82, 2.24) is 15.1 Å². The van der Waals surface area contributed by atoms with Crippen LogP contribution in [0.4, 0.5) is 0 Å². The molecular weight excluding hydrogens is 298 g/mol. The van der Waals surface area contributed by atoms with Crippen molar-refractivity contribution < 1.29 is 19.1 Å². The summed E-state index contributed by atoms with van der Waals surface area (Å²) in [6.45, 7) is 9.86. The summed E-state index contributed by atoms with van der Waals surface area (Å²) in [5, 5.41) is 16.1. The van der Waals surface area contributed by atoms with Gasteiger partial charge < -0.3 is 14.8 Å². The molecule has 7 nitrogen and oxygen atoms in total. The van der Waals surface area contributed by atoms with Crippen LogP contribution >= 0.6 is 0 Å². The average Bonchev–Trinajstić information content (AvgIpc) is 3.04. The Balaban J connectivity index is 2.15. The highest BCUT2D eigenvalue weighted by Gasteiger charge is 2.22. The van der Waals surface area contributed by atoms with E-state index in [0.29, 0.717) is 0 Å². The van der Waals surface area contributed by atoms with Gasteiger partial charge in [-0.3, -0.25) is 9.48 Å². The van der Waals surface area contributed by atoms with Gasteiger partial charge in [0.25, 0.3) is 5.91 Å². The van der Waals surface area contributed by atoms with Gasteiger partial charge in [-0.15, -0.1) is 0 Å². The molecule has 1 unspecified atom stereocenters. The van der Waals surface area contributed by atoms with Crippen molar-refractivity contribution in [2.75, 3.05) is 0 Å². The van der Waals surface area contributed by atoms with Crippen molar-refractivity contribution in [2.45, 2.75) is 46.2 Å². The molecule has 1 atom stereocenters. The molecule has 0 saturated heterocycles. The minimum absolute atomic E-state index is 0.0323. The van der Waals surface area contributed by atoms with Gasteiger partial charge in [0, 0.05) is 17.8 Å². The van der Waals surface area contributed by atoms with Crippen molar-refractivity contribution in [3.63, 3.8) is 0 Å². The lowest BCUT2D eigenvalue weighted by Crippen LogP contribution is -2.26. The van der Waals surface area contributed by atoms with Gasteiger partial charge in [-0.2, -0.15) is 5.10 Å². The van der Waals surface area contributed by atoms with E-state index in [-0.39, 0.29) is 22.9 Å². The Morgan fingerprint density at radius 3 is 2.52 bits per heavy atom. The van der Waals surface area contributed by atoms with E-state index >= 15 is 0 Å². The van der Waals surface area contributed by atoms with Gasteiger partial charge in [-0.05, 0) is 34.6 Å². The van der Waals surface area contributed by atoms with Crippen LogP contribution in [0.1, 0.15) is 65.9 Å². The molecule has 7 heteroatoms. The largest absolute Gasteiger partial charge is 0.478 e. The normalized spacial score (nSPS) is 12.9. The lowest BCUT2D eigenvalue weighted by molar-refractivity contribution is 0.0695. The summed E-state index contributed by atoms with van der Waals surface area (Å²) in [6, 6.07) is 0.924. The molecule has 124 valence electrons. The maximum absolute atomic E-state index is 12.2. The van der Waals surface area contributed by atoms with Crippen molar-refractivity contribution in [3.05, 3.63) is 41.1 Å². The van der Waals surface area contributed by atoms with E-state index in [1.165, 1.54) is 6.07 Å². The lowest BCUT2D eigenvalue weighted by atomic mass is 10.1. The molecule has 0 aliphatic heterocycles. The first-order valence-corrected chi connectivity index (χ1v) is 7.29. The van der Waals surface area contributed by atoms with Crippen LogP contribution in [0.25, 0.3) is 0 Å². The highest BCUT2D eigenvalue weighted by molar-refractivity contribution is 5.95. The third-order valence-corrected chi connectivity index (χ3v) is 3.51. The average molecular weight is 319 g/mol. The number of furan rings is 1. The van der Waals surface area contributed by atoms with Gasteiger partial charge in [0.1, 0.15) is 6.26 Å². The van der Waals surface area contributed by atoms with Crippen molar-refractivity contribution >= 4 is 11.9 Å². The number of aromatic carboxylic acids is 1. The number of carbonyl (C=O) groups is 2. The molecular formula is C16H21N3O4. The van der Waals surface area contributed by atoms with Crippen LogP contribution < -0.4 is 5.32 Å². The first kappa shape index (κ1) is 16.8. The summed E-state index contributed by atoms with van der Waals surface area (Å²) < 4.78 is 6.86. The van der Waals surface area contributed by atoms with Crippen LogP contribution in [0.5, 0.6) is 0 Å². The quantitative estimate of drug-likeness (QED) is 0.903. The van der Waals surface area contributed by atoms with Gasteiger partial charge >= 0.3 is 5.97 Å². The van der Waals surface area contributed by atoms with E-state index in [0.717, 1.165) is 17.5 Å². The predicted molar refractivity (Wildman–Crippen MR) is 83.5 cm³/mol. The van der Waals surface area contributed by atoms with Crippen LogP contribution in [0.15, 0.2) is 22.9 Å². The van der Waals surface area contributed by atoms with Crippen LogP contribution in [-0.4, -0.2) is 26.8 Å². The zero-order valence-electron chi connectivity index (χ0n) is 13.9. The number of carboxylic acids is 1. The van der Waals surface area contributed by atoms with Crippen LogP contribution in [0.3, 0.4) is 0 Å². The predicted octanol–water partition coefficient (Wildman–Crippen LogP) is 2.73. The summed E-state index contributed by atoms with van der Waals surface area (Å²) in [5.74, 6) is -1.63. The standard InChI is InChI=1S/C16H21N3O4/c1-9(12-7-19(16(3,4)5)18-10(12)2)17-14(20)13-6-11(8-23-13)15(21)22/h6-9H,1-5H3,(H,17,20)(H,21,22). The molecule has 0 spiro atoms. The smallest absolute Gasteiger partial charge is 0.338 e. The molecule has 2 aromatic rings. The summed E-state index contributed by atoms with van der Waals surface area (Å²) in [5.41, 5.74) is 1.53. The van der Waals surface area contributed by atoms with Gasteiger partial charge in [-0.25, -0.2) is 4.79 Å². The number of amides is 1. The molecule has 0 aromatic carbocycles. The molecule has 1 amide bonds. The minimum Gasteiger partial charge on any atom is -0.478 e. The molecule has 23 heavy (non-hydrogen) atoms. The molecule has 2 heterocycles. The highest BCUT2D eigenvalue weighted by Crippen LogP contribution is 2.21. The first-order valence-electron chi connectivity index (χ1n) is 7.29. The maximum atomic E-state index is 12.2. The molecule has 2 rings (SSSR count). The zero-order chi connectivity index (χ0) is 17.4. The maximum Gasteiger partial charge on any atom is 0.338 e. The van der Waals surface area contributed by atoms with Gasteiger partial charge in [0.05, 0.1) is 22.8 Å². The number of nitrogens with one attached hydrogen (secondary N) is 1. The number of aromatic nitrogens is 2. The van der Waals surface area contributed by atoms with Gasteiger partial charge in [0.15, 0.2) is 5.76 Å². The molecule has 0 fully saturated rings. The SMILES string of the molecule is Cc1nn(C(C)(C)C)cc1C(C)NC(=O)c1cc(C(=O)O)co1. The highest BCUT2D eigenvalue weighted by atomic mass is 16.4. The van der Waals surface area contributed by atoms with Crippen molar-refractivity contribution in [2.24, 2.45) is 0 Å². The monoisotopic (exact) mass is 319 g/mol. The summed E-state index contributed by atoms with van der Waals surface area (Å²) >= 11 is 0. The number of carboxylic acid groups (broad SMARTS) is 1. The number of rotatable bonds is 4. The van der Waals surface area contributed by atoms with Gasteiger partial charge in [0.2, 0.25) is 0 Å². The van der Waals surface area contributed by atoms with E-state index in [2.05, 4.69) is 10.4 Å². The Labute approximate surface area is 134 Å². The molecule has 0 saturated carbocycles. The van der Waals surface area contributed by atoms with E-state index in [1.807, 2.05) is 45.5 Å². The third kappa shape index (κ3) is 3.61. The fourth-order valence-corrected chi connectivity index (χ4v) is 2.16. The molecule has 0 aliphatic rings. The van der Waals surface area contributed by atoms with Crippen LogP contribution in [-0.2, 0) is 5.54 Å². The van der Waals surface area contributed by atoms with E-state index in [9.17, 15) is 9.59 Å². The number of carbonyl (C=O) groups excluding carboxylic acids is 1. The van der Waals surface area contributed by atoms with E-state index < -0.39 is 11.9 Å². The molecule has 0 aliphatic carbocycles. The molecule has 0 radical (unpaired) electrons. The Kier molecular flexibility index (Phi) is 4.31. The van der Waals surface area contributed by atoms with Crippen LogP contribution in [0, 0.1) is 6.92 Å². The topological polar surface area (TPSA) is 97.4 Å². The molecule has 0 bridgehead atoms. The molecule has 2 N–H and O–H groups in total. The number of hydrogen-bond donors (Lipinski definition) is 2. The van der Waals surface area contributed by atoms with Crippen molar-refractivity contribution in [1.29, 1.82) is 0 Å². The number of aryl methyl sites for hydroxylation is 1. The zero-order valence-corrected chi connectivity index (χ0v) is 13.9. The third-order valence-electron chi connectivity index (χ3n) is 3.51. The Morgan fingerprint density at radius 2 is 2.04 bits per heavy atom. The second kappa shape index (κ2) is 5.91. The Hall–Kier alpha value is -2.57.